The number of hydrogen-bond donors (Lipinski definition) is 1. The van der Waals surface area contributed by atoms with Crippen LogP contribution in [0.1, 0.15) is 43.1 Å². The number of pyridine rings is 1. The van der Waals surface area contributed by atoms with Gasteiger partial charge in [-0.1, -0.05) is 55.8 Å². The van der Waals surface area contributed by atoms with E-state index in [0.29, 0.717) is 32.0 Å². The minimum Gasteiger partial charge on any atom is -0.469 e. The van der Waals surface area contributed by atoms with Crippen LogP contribution in [-0.4, -0.2) is 108 Å². The maximum Gasteiger partial charge on any atom is 0.309 e. The van der Waals surface area contributed by atoms with Crippen molar-refractivity contribution in [3.05, 3.63) is 65.5 Å². The van der Waals surface area contributed by atoms with E-state index in [-0.39, 0.29) is 18.3 Å². The molecule has 1 fully saturated rings. The number of hydrogen-bond acceptors (Lipinski definition) is 9. The molecule has 11 heteroatoms. The number of nitrogen functional groups attached to an aromatic ring is 1. The number of carbonyl (C=O) groups is 2. The van der Waals surface area contributed by atoms with Gasteiger partial charge >= 0.3 is 5.97 Å². The number of amides is 1. The number of nitrogens with zero attached hydrogens (tertiary/aromatic N) is 6. The largest absolute Gasteiger partial charge is 0.469 e. The number of nitrogens with two attached hydrogens (primary N) is 1. The molecule has 0 atom stereocenters. The quantitative estimate of drug-likeness (QED) is 0.181. The Morgan fingerprint density at radius 1 is 0.915 bits per heavy atom. The Morgan fingerprint density at radius 3 is 2.36 bits per heavy atom. The fourth-order valence-corrected chi connectivity index (χ4v) is 6.29. The van der Waals surface area contributed by atoms with Crippen molar-refractivity contribution in [3.63, 3.8) is 0 Å². The highest BCUT2D eigenvalue weighted by Crippen LogP contribution is 2.29. The predicted molar refractivity (Wildman–Crippen MR) is 185 cm³/mol. The van der Waals surface area contributed by atoms with Crippen molar-refractivity contribution in [1.29, 1.82) is 0 Å². The van der Waals surface area contributed by atoms with E-state index in [9.17, 15) is 9.59 Å². The summed E-state index contributed by atoms with van der Waals surface area (Å²) in [4.78, 5) is 41.9. The maximum absolute atomic E-state index is 13.9. The number of ether oxygens (including phenoxy) is 2. The van der Waals surface area contributed by atoms with Crippen molar-refractivity contribution in [2.75, 3.05) is 72.4 Å². The highest BCUT2D eigenvalue weighted by molar-refractivity contribution is 6.06. The number of imidazole rings is 1. The van der Waals surface area contributed by atoms with Crippen LogP contribution in [0.25, 0.3) is 21.9 Å². The Morgan fingerprint density at radius 2 is 1.64 bits per heavy atom. The molecule has 47 heavy (non-hydrogen) atoms. The smallest absolute Gasteiger partial charge is 0.309 e. The van der Waals surface area contributed by atoms with Gasteiger partial charge in [0.1, 0.15) is 11.3 Å². The maximum atomic E-state index is 13.9. The minimum atomic E-state index is -0.271. The summed E-state index contributed by atoms with van der Waals surface area (Å²) in [7, 11) is 3.12. The normalized spacial score (nSPS) is 14.2. The highest BCUT2D eigenvalue weighted by Gasteiger charge is 2.23. The molecule has 0 radical (unpaired) electrons. The van der Waals surface area contributed by atoms with Gasteiger partial charge in [-0.05, 0) is 30.0 Å². The monoisotopic (exact) mass is 643 g/mol. The number of anilines is 1. The van der Waals surface area contributed by atoms with Crippen LogP contribution in [0, 0.1) is 0 Å². The van der Waals surface area contributed by atoms with Gasteiger partial charge in [-0.3, -0.25) is 19.4 Å². The van der Waals surface area contributed by atoms with Gasteiger partial charge in [0.25, 0.3) is 0 Å². The summed E-state index contributed by atoms with van der Waals surface area (Å²) in [6.07, 6.45) is 3.95. The number of para-hydroxylation sites is 1. The summed E-state index contributed by atoms with van der Waals surface area (Å²) in [5.74, 6) is 1.31. The van der Waals surface area contributed by atoms with Gasteiger partial charge in [0.2, 0.25) is 5.91 Å². The van der Waals surface area contributed by atoms with Gasteiger partial charge in [-0.25, -0.2) is 9.97 Å². The molecule has 1 saturated heterocycles. The molecule has 1 aliphatic rings. The summed E-state index contributed by atoms with van der Waals surface area (Å²) in [6.45, 7) is 9.59. The molecule has 4 aromatic rings. The fourth-order valence-electron chi connectivity index (χ4n) is 6.29. The lowest BCUT2D eigenvalue weighted by molar-refractivity contribution is -0.139. The summed E-state index contributed by atoms with van der Waals surface area (Å²) in [5.41, 5.74) is 11.0. The van der Waals surface area contributed by atoms with Gasteiger partial charge in [-0.2, -0.15) is 0 Å². The summed E-state index contributed by atoms with van der Waals surface area (Å²) < 4.78 is 12.4. The molecule has 2 aromatic carbocycles. The number of fused-ring (bicyclic) bond motifs is 3. The molecule has 0 unspecified atom stereocenters. The Kier molecular flexibility index (Phi) is 12.2. The molecular formula is C36H49N7O4. The molecule has 3 heterocycles. The molecule has 5 rings (SSSR count). The van der Waals surface area contributed by atoms with Crippen molar-refractivity contribution in [2.24, 2.45) is 0 Å². The fraction of sp³-hybridized carbons (Fsp3) is 0.500. The van der Waals surface area contributed by atoms with E-state index in [1.807, 2.05) is 47.4 Å². The summed E-state index contributed by atoms with van der Waals surface area (Å²) in [5, 5.41) is 1.04. The zero-order valence-corrected chi connectivity index (χ0v) is 28.1. The standard InChI is InChI=1S/C36H49N7O4/c1-4-5-11-31-39-34-35(29-9-6-7-10-30(29)38-36(34)37)43(31)17-8-16-42(25-28-14-12-27(13-15-28)24-33(45)47-3)32(44)26-41-20-18-40(19-21-41)22-23-46-2/h6-7,9-10,12-15H,4-5,8,11,16-26H2,1-3H3,(H2,37,38). The van der Waals surface area contributed by atoms with E-state index in [1.54, 1.807) is 7.11 Å². The molecular weight excluding hydrogens is 594 g/mol. The van der Waals surface area contributed by atoms with Gasteiger partial charge in [0, 0.05) is 71.3 Å². The molecule has 252 valence electrons. The second-order valence-corrected chi connectivity index (χ2v) is 12.3. The Bertz CT molecular complexity index is 1630. The molecule has 11 nitrogen and oxygen atoms in total. The predicted octanol–water partition coefficient (Wildman–Crippen LogP) is 3.91. The highest BCUT2D eigenvalue weighted by atomic mass is 16.5. The average molecular weight is 644 g/mol. The zero-order chi connectivity index (χ0) is 33.2. The number of unbranched alkanes of at least 4 members (excludes halogenated alkanes) is 1. The van der Waals surface area contributed by atoms with E-state index in [1.165, 1.54) is 7.11 Å². The number of carbonyl (C=O) groups excluding carboxylic acids is 2. The van der Waals surface area contributed by atoms with Crippen LogP contribution in [0.4, 0.5) is 5.82 Å². The van der Waals surface area contributed by atoms with Crippen LogP contribution in [-0.2, 0) is 45.0 Å². The number of methoxy groups -OCH3 is 2. The van der Waals surface area contributed by atoms with Crippen molar-refractivity contribution >= 4 is 39.6 Å². The molecule has 0 bridgehead atoms. The Balaban J connectivity index is 1.34. The van der Waals surface area contributed by atoms with E-state index >= 15 is 0 Å². The van der Waals surface area contributed by atoms with E-state index < -0.39 is 0 Å². The molecule has 0 saturated carbocycles. The van der Waals surface area contributed by atoms with Crippen molar-refractivity contribution in [1.82, 2.24) is 29.2 Å². The first kappa shape index (κ1) is 34.3. The molecule has 2 aromatic heterocycles. The lowest BCUT2D eigenvalue weighted by Crippen LogP contribution is -2.50. The van der Waals surface area contributed by atoms with Gasteiger partial charge in [-0.15, -0.1) is 0 Å². The lowest BCUT2D eigenvalue weighted by atomic mass is 10.1. The number of aryl methyl sites for hydroxylation is 2. The van der Waals surface area contributed by atoms with Crippen LogP contribution in [0.2, 0.25) is 0 Å². The Hall–Kier alpha value is -4.06. The molecule has 2 N–H and O–H groups in total. The van der Waals surface area contributed by atoms with Gasteiger partial charge < -0.3 is 24.7 Å². The van der Waals surface area contributed by atoms with E-state index in [0.717, 1.165) is 104 Å². The Labute approximate surface area is 277 Å². The number of benzene rings is 2. The third-order valence-corrected chi connectivity index (χ3v) is 9.01. The van der Waals surface area contributed by atoms with Gasteiger partial charge in [0.05, 0.1) is 37.7 Å². The second kappa shape index (κ2) is 16.7. The molecule has 1 aliphatic heterocycles. The summed E-state index contributed by atoms with van der Waals surface area (Å²) in [6, 6.07) is 16.0. The first-order valence-electron chi connectivity index (χ1n) is 16.8. The number of rotatable bonds is 16. The lowest BCUT2D eigenvalue weighted by Gasteiger charge is -2.35. The number of piperazine rings is 1. The van der Waals surface area contributed by atoms with Crippen LogP contribution >= 0.6 is 0 Å². The van der Waals surface area contributed by atoms with Crippen LogP contribution in [0.5, 0.6) is 0 Å². The second-order valence-electron chi connectivity index (χ2n) is 12.3. The number of aromatic nitrogens is 3. The van der Waals surface area contributed by atoms with Crippen LogP contribution in [0.15, 0.2) is 48.5 Å². The third-order valence-electron chi connectivity index (χ3n) is 9.01. The molecule has 0 spiro atoms. The van der Waals surface area contributed by atoms with Crippen molar-refractivity contribution < 1.29 is 19.1 Å². The number of esters is 1. The summed E-state index contributed by atoms with van der Waals surface area (Å²) >= 11 is 0. The van der Waals surface area contributed by atoms with Crippen molar-refractivity contribution in [3.8, 4) is 0 Å². The first-order chi connectivity index (χ1) is 22.9. The van der Waals surface area contributed by atoms with E-state index in [4.69, 9.17) is 20.2 Å². The topological polar surface area (TPSA) is 119 Å². The van der Waals surface area contributed by atoms with Crippen LogP contribution in [0.3, 0.4) is 0 Å². The van der Waals surface area contributed by atoms with Crippen molar-refractivity contribution in [2.45, 2.75) is 52.1 Å². The average Bonchev–Trinajstić information content (AvgIpc) is 3.46. The molecule has 1 amide bonds. The molecule has 0 aliphatic carbocycles. The third kappa shape index (κ3) is 8.85. The van der Waals surface area contributed by atoms with Gasteiger partial charge in [0.15, 0.2) is 5.82 Å². The zero-order valence-electron chi connectivity index (χ0n) is 28.1. The minimum absolute atomic E-state index is 0.120. The first-order valence-corrected chi connectivity index (χ1v) is 16.8. The van der Waals surface area contributed by atoms with Crippen LogP contribution < -0.4 is 5.73 Å². The SMILES string of the molecule is CCCCc1nc2c(N)nc3ccccc3c2n1CCCN(Cc1ccc(CC(=O)OC)cc1)C(=O)CN1CCN(CCOC)CC1. The van der Waals surface area contributed by atoms with E-state index in [2.05, 4.69) is 32.3 Å².